The topological polar surface area (TPSA) is 41.6 Å². The predicted molar refractivity (Wildman–Crippen MR) is 62.2 cm³/mol. The molecule has 1 saturated heterocycles. The number of nitrogens with one attached hydrogen (secondary N) is 1. The van der Waals surface area contributed by atoms with E-state index in [1.807, 2.05) is 24.3 Å². The van der Waals surface area contributed by atoms with E-state index in [-0.39, 0.29) is 0 Å². The third kappa shape index (κ3) is 3.05. The molecule has 1 amide bonds. The Hall–Kier alpha value is -1.39. The van der Waals surface area contributed by atoms with E-state index in [1.54, 1.807) is 0 Å². The van der Waals surface area contributed by atoms with Gasteiger partial charge in [-0.1, -0.05) is 12.1 Å². The summed E-state index contributed by atoms with van der Waals surface area (Å²) in [5, 5.41) is 2.62. The molecule has 86 valence electrons. The number of hydrogen-bond acceptors (Lipinski definition) is 3. The molecule has 2 rings (SSSR count). The maximum absolute atomic E-state index is 10.2. The molecule has 0 spiro atoms. The minimum atomic E-state index is 0.691. The predicted octanol–water partition coefficient (Wildman–Crippen LogP) is 1.09. The summed E-state index contributed by atoms with van der Waals surface area (Å²) in [5.41, 5.74) is 2.10. The van der Waals surface area contributed by atoms with E-state index in [4.69, 9.17) is 4.74 Å². The minimum absolute atomic E-state index is 0.691. The largest absolute Gasteiger partial charge is 0.379 e. The number of rotatable bonds is 4. The van der Waals surface area contributed by atoms with Gasteiger partial charge in [-0.2, -0.15) is 0 Å². The van der Waals surface area contributed by atoms with Crippen LogP contribution in [-0.2, 0) is 16.1 Å². The molecule has 0 bridgehead atoms. The number of nitrogens with zero attached hydrogens (tertiary/aromatic N) is 1. The van der Waals surface area contributed by atoms with E-state index in [0.717, 1.165) is 38.5 Å². The molecule has 1 aromatic rings. The van der Waals surface area contributed by atoms with Crippen LogP contribution >= 0.6 is 0 Å². The van der Waals surface area contributed by atoms with Crippen LogP contribution in [0.1, 0.15) is 5.56 Å². The molecule has 1 aromatic carbocycles. The van der Waals surface area contributed by atoms with E-state index in [2.05, 4.69) is 10.2 Å². The lowest BCUT2D eigenvalue weighted by atomic mass is 10.2. The van der Waals surface area contributed by atoms with Crippen molar-refractivity contribution >= 4 is 12.1 Å². The molecule has 0 radical (unpaired) electrons. The second-order valence-electron chi connectivity index (χ2n) is 3.85. The number of amides is 1. The smallest absolute Gasteiger partial charge is 0.211 e. The van der Waals surface area contributed by atoms with Gasteiger partial charge < -0.3 is 10.1 Å². The quantitative estimate of drug-likeness (QED) is 0.772. The molecule has 1 aliphatic rings. The Morgan fingerprint density at radius 1 is 1.25 bits per heavy atom. The summed E-state index contributed by atoms with van der Waals surface area (Å²) in [6, 6.07) is 7.93. The number of hydrogen-bond donors (Lipinski definition) is 1. The van der Waals surface area contributed by atoms with Gasteiger partial charge in [0.05, 0.1) is 13.2 Å². The van der Waals surface area contributed by atoms with Crippen LogP contribution in [0.5, 0.6) is 0 Å². The lowest BCUT2D eigenvalue weighted by Crippen LogP contribution is -2.35. The lowest BCUT2D eigenvalue weighted by Gasteiger charge is -2.26. The van der Waals surface area contributed by atoms with Crippen LogP contribution < -0.4 is 5.32 Å². The zero-order valence-electron chi connectivity index (χ0n) is 9.19. The van der Waals surface area contributed by atoms with Gasteiger partial charge in [-0.25, -0.2) is 0 Å². The van der Waals surface area contributed by atoms with Crippen LogP contribution in [0.2, 0.25) is 0 Å². The van der Waals surface area contributed by atoms with Gasteiger partial charge in [-0.3, -0.25) is 9.69 Å². The van der Waals surface area contributed by atoms with Crippen LogP contribution in [0.3, 0.4) is 0 Å². The van der Waals surface area contributed by atoms with Crippen LogP contribution in [0.15, 0.2) is 24.3 Å². The third-order valence-electron chi connectivity index (χ3n) is 2.69. The van der Waals surface area contributed by atoms with Gasteiger partial charge in [0.25, 0.3) is 0 Å². The van der Waals surface area contributed by atoms with Crippen molar-refractivity contribution in [2.45, 2.75) is 6.54 Å². The molecule has 1 fully saturated rings. The highest BCUT2D eigenvalue weighted by Crippen LogP contribution is 2.11. The lowest BCUT2D eigenvalue weighted by molar-refractivity contribution is -0.105. The molecule has 4 heteroatoms. The van der Waals surface area contributed by atoms with Crippen LogP contribution in [0.4, 0.5) is 5.69 Å². The first kappa shape index (κ1) is 11.1. The molecule has 4 nitrogen and oxygen atoms in total. The third-order valence-corrected chi connectivity index (χ3v) is 2.69. The summed E-state index contributed by atoms with van der Waals surface area (Å²) in [6.45, 7) is 4.59. The summed E-state index contributed by atoms with van der Waals surface area (Å²) >= 11 is 0. The van der Waals surface area contributed by atoms with E-state index in [9.17, 15) is 4.79 Å². The fourth-order valence-corrected chi connectivity index (χ4v) is 1.79. The number of benzene rings is 1. The minimum Gasteiger partial charge on any atom is -0.379 e. The van der Waals surface area contributed by atoms with Gasteiger partial charge in [-0.05, 0) is 17.7 Å². The highest BCUT2D eigenvalue weighted by atomic mass is 16.5. The molecule has 1 heterocycles. The average molecular weight is 220 g/mol. The standard InChI is InChI=1S/C12H16N2O2/c15-10-13-12-3-1-11(2-4-12)9-14-5-7-16-8-6-14/h1-4,10H,5-9H2,(H,13,15). The summed E-state index contributed by atoms with van der Waals surface area (Å²) < 4.78 is 5.30. The summed E-state index contributed by atoms with van der Waals surface area (Å²) in [7, 11) is 0. The van der Waals surface area contributed by atoms with E-state index in [1.165, 1.54) is 5.56 Å². The van der Waals surface area contributed by atoms with E-state index in [0.29, 0.717) is 6.41 Å². The Morgan fingerprint density at radius 3 is 2.56 bits per heavy atom. The number of morpholine rings is 1. The Balaban J connectivity index is 1.90. The first-order chi connectivity index (χ1) is 7.88. The molecule has 1 N–H and O–H groups in total. The van der Waals surface area contributed by atoms with Gasteiger partial charge in [0.2, 0.25) is 6.41 Å². The van der Waals surface area contributed by atoms with Crippen LogP contribution in [-0.4, -0.2) is 37.6 Å². The molecule has 0 unspecified atom stereocenters. The Morgan fingerprint density at radius 2 is 1.94 bits per heavy atom. The summed E-state index contributed by atoms with van der Waals surface area (Å²) in [6.07, 6.45) is 0.691. The van der Waals surface area contributed by atoms with Crippen LogP contribution in [0, 0.1) is 0 Å². The maximum Gasteiger partial charge on any atom is 0.211 e. The molecular weight excluding hydrogens is 204 g/mol. The zero-order chi connectivity index (χ0) is 11.2. The van der Waals surface area contributed by atoms with Crippen molar-refractivity contribution in [2.24, 2.45) is 0 Å². The Kier molecular flexibility index (Phi) is 3.91. The monoisotopic (exact) mass is 220 g/mol. The first-order valence-corrected chi connectivity index (χ1v) is 5.48. The molecule has 1 aliphatic heterocycles. The molecule has 0 aliphatic carbocycles. The Labute approximate surface area is 95.2 Å². The molecule has 0 aromatic heterocycles. The van der Waals surface area contributed by atoms with Crippen molar-refractivity contribution in [3.8, 4) is 0 Å². The van der Waals surface area contributed by atoms with Gasteiger partial charge in [0.15, 0.2) is 0 Å². The molecule has 0 saturated carbocycles. The van der Waals surface area contributed by atoms with E-state index < -0.39 is 0 Å². The molecule has 0 atom stereocenters. The average Bonchev–Trinajstić information content (AvgIpc) is 2.33. The maximum atomic E-state index is 10.2. The number of ether oxygens (including phenoxy) is 1. The number of carbonyl (C=O) groups is 1. The van der Waals surface area contributed by atoms with Crippen molar-refractivity contribution in [1.29, 1.82) is 0 Å². The van der Waals surface area contributed by atoms with Crippen LogP contribution in [0.25, 0.3) is 0 Å². The van der Waals surface area contributed by atoms with Gasteiger partial charge >= 0.3 is 0 Å². The number of carbonyl (C=O) groups excluding carboxylic acids is 1. The summed E-state index contributed by atoms with van der Waals surface area (Å²) in [4.78, 5) is 12.6. The van der Waals surface area contributed by atoms with Crippen molar-refractivity contribution in [2.75, 3.05) is 31.6 Å². The van der Waals surface area contributed by atoms with Crippen molar-refractivity contribution in [1.82, 2.24) is 4.90 Å². The highest BCUT2D eigenvalue weighted by Gasteiger charge is 2.10. The van der Waals surface area contributed by atoms with Crippen molar-refractivity contribution in [3.63, 3.8) is 0 Å². The van der Waals surface area contributed by atoms with Crippen molar-refractivity contribution in [3.05, 3.63) is 29.8 Å². The fourth-order valence-electron chi connectivity index (χ4n) is 1.79. The normalized spacial score (nSPS) is 17.0. The second kappa shape index (κ2) is 5.63. The van der Waals surface area contributed by atoms with Crippen molar-refractivity contribution < 1.29 is 9.53 Å². The zero-order valence-corrected chi connectivity index (χ0v) is 9.19. The summed E-state index contributed by atoms with van der Waals surface area (Å²) in [5.74, 6) is 0. The molecule has 16 heavy (non-hydrogen) atoms. The van der Waals surface area contributed by atoms with Gasteiger partial charge in [-0.15, -0.1) is 0 Å². The van der Waals surface area contributed by atoms with Gasteiger partial charge in [0, 0.05) is 25.3 Å². The Bertz CT molecular complexity index is 331. The number of anilines is 1. The highest BCUT2D eigenvalue weighted by molar-refractivity contribution is 5.70. The van der Waals surface area contributed by atoms with E-state index >= 15 is 0 Å². The van der Waals surface area contributed by atoms with Gasteiger partial charge in [0.1, 0.15) is 0 Å². The second-order valence-corrected chi connectivity index (χ2v) is 3.85. The SMILES string of the molecule is O=CNc1ccc(CN2CCOCC2)cc1. The molecular formula is C12H16N2O2. The fraction of sp³-hybridized carbons (Fsp3) is 0.417. The first-order valence-electron chi connectivity index (χ1n) is 5.48.